The van der Waals surface area contributed by atoms with Crippen molar-refractivity contribution in [3.63, 3.8) is 0 Å². The molecule has 1 aliphatic heterocycles. The number of nitrogens with zero attached hydrogens (tertiary/aromatic N) is 4. The van der Waals surface area contributed by atoms with Gasteiger partial charge in [0, 0.05) is 44.0 Å². The first-order chi connectivity index (χ1) is 11.6. The predicted molar refractivity (Wildman–Crippen MR) is 88.5 cm³/mol. The number of rotatable bonds is 6. The number of hydrogen-bond donors (Lipinski definition) is 1. The van der Waals surface area contributed by atoms with Gasteiger partial charge in [-0.3, -0.25) is 14.6 Å². The van der Waals surface area contributed by atoms with Gasteiger partial charge in [-0.2, -0.15) is 0 Å². The average Bonchev–Trinajstić information content (AvgIpc) is 3.44. The van der Waals surface area contributed by atoms with Crippen LogP contribution >= 0.6 is 0 Å². The van der Waals surface area contributed by atoms with E-state index in [1.54, 1.807) is 25.5 Å². The first kappa shape index (κ1) is 16.7. The van der Waals surface area contributed by atoms with Crippen molar-refractivity contribution in [2.24, 2.45) is 11.8 Å². The summed E-state index contributed by atoms with van der Waals surface area (Å²) in [5.41, 5.74) is 0. The monoisotopic (exact) mass is 332 g/mol. The lowest BCUT2D eigenvalue weighted by Gasteiger charge is -2.35. The van der Waals surface area contributed by atoms with Gasteiger partial charge in [-0.25, -0.2) is 4.98 Å². The molecule has 0 spiro atoms. The van der Waals surface area contributed by atoms with Crippen LogP contribution in [0.5, 0.6) is 0 Å². The van der Waals surface area contributed by atoms with E-state index in [-0.39, 0.29) is 17.9 Å². The molecule has 1 amide bonds. The summed E-state index contributed by atoms with van der Waals surface area (Å²) in [6.45, 7) is 3.55. The van der Waals surface area contributed by atoms with E-state index in [1.165, 1.54) is 0 Å². The van der Waals surface area contributed by atoms with Crippen molar-refractivity contribution in [3.05, 3.63) is 18.6 Å². The minimum atomic E-state index is -0.842. The van der Waals surface area contributed by atoms with Gasteiger partial charge >= 0.3 is 5.97 Å². The lowest BCUT2D eigenvalue weighted by atomic mass is 9.94. The van der Waals surface area contributed by atoms with Crippen molar-refractivity contribution < 1.29 is 14.7 Å². The standard InChI is InChI=1S/C17H24N4O3/c1-12(17(23)24)11-21(14-2-3-14)16(22)13-4-8-20(9-5-13)15-10-18-6-7-19-15/h6-7,10,12-14H,2-5,8-9,11H2,1H3,(H,23,24). The highest BCUT2D eigenvalue weighted by atomic mass is 16.4. The largest absolute Gasteiger partial charge is 0.481 e. The predicted octanol–water partition coefficient (Wildman–Crippen LogP) is 1.40. The number of piperidine rings is 1. The van der Waals surface area contributed by atoms with E-state index in [0.717, 1.165) is 44.6 Å². The van der Waals surface area contributed by atoms with E-state index in [1.807, 2.05) is 4.90 Å². The van der Waals surface area contributed by atoms with Crippen LogP contribution in [0, 0.1) is 11.8 Å². The minimum absolute atomic E-state index is 0.0143. The molecule has 0 radical (unpaired) electrons. The molecule has 7 heteroatoms. The van der Waals surface area contributed by atoms with Crippen molar-refractivity contribution in [2.45, 2.75) is 38.6 Å². The van der Waals surface area contributed by atoms with Gasteiger partial charge in [0.25, 0.3) is 0 Å². The number of carbonyl (C=O) groups excluding carboxylic acids is 1. The topological polar surface area (TPSA) is 86.6 Å². The van der Waals surface area contributed by atoms with Crippen LogP contribution in [0.3, 0.4) is 0 Å². The zero-order valence-electron chi connectivity index (χ0n) is 14.0. The number of amides is 1. The van der Waals surface area contributed by atoms with Crippen molar-refractivity contribution in [1.82, 2.24) is 14.9 Å². The van der Waals surface area contributed by atoms with Crippen molar-refractivity contribution in [2.75, 3.05) is 24.5 Å². The third-order valence-corrected chi connectivity index (χ3v) is 4.88. The van der Waals surface area contributed by atoms with Gasteiger partial charge in [0.1, 0.15) is 5.82 Å². The van der Waals surface area contributed by atoms with Gasteiger partial charge in [-0.1, -0.05) is 6.92 Å². The lowest BCUT2D eigenvalue weighted by molar-refractivity contribution is -0.144. The molecule has 2 heterocycles. The van der Waals surface area contributed by atoms with Gasteiger partial charge < -0.3 is 14.9 Å². The van der Waals surface area contributed by atoms with Crippen LogP contribution in [0.4, 0.5) is 5.82 Å². The molecular formula is C17H24N4O3. The smallest absolute Gasteiger partial charge is 0.308 e. The zero-order chi connectivity index (χ0) is 17.1. The van der Waals surface area contributed by atoms with Gasteiger partial charge in [0.2, 0.25) is 5.91 Å². The normalized spacial score (nSPS) is 19.8. The van der Waals surface area contributed by atoms with E-state index in [4.69, 9.17) is 5.11 Å². The summed E-state index contributed by atoms with van der Waals surface area (Å²) in [7, 11) is 0. The lowest BCUT2D eigenvalue weighted by Crippen LogP contribution is -2.45. The van der Waals surface area contributed by atoms with Gasteiger partial charge in [-0.15, -0.1) is 0 Å². The highest BCUT2D eigenvalue weighted by molar-refractivity contribution is 5.80. The molecule has 2 fully saturated rings. The number of anilines is 1. The molecule has 1 unspecified atom stereocenters. The summed E-state index contributed by atoms with van der Waals surface area (Å²) in [5, 5.41) is 9.13. The second-order valence-electron chi connectivity index (χ2n) is 6.79. The zero-order valence-corrected chi connectivity index (χ0v) is 14.0. The maximum Gasteiger partial charge on any atom is 0.308 e. The molecule has 1 aromatic heterocycles. The molecule has 1 aliphatic carbocycles. The Labute approximate surface area is 141 Å². The molecule has 7 nitrogen and oxygen atoms in total. The fourth-order valence-electron chi connectivity index (χ4n) is 3.22. The van der Waals surface area contributed by atoms with Gasteiger partial charge in [0.05, 0.1) is 12.1 Å². The molecule has 1 N–H and O–H groups in total. The molecular weight excluding hydrogens is 308 g/mol. The molecule has 130 valence electrons. The SMILES string of the molecule is CC(CN(C(=O)C1CCN(c2cnccn2)CC1)C1CC1)C(=O)O. The summed E-state index contributed by atoms with van der Waals surface area (Å²) in [6.07, 6.45) is 8.62. The minimum Gasteiger partial charge on any atom is -0.481 e. The first-order valence-corrected chi connectivity index (χ1v) is 8.60. The van der Waals surface area contributed by atoms with Crippen molar-refractivity contribution in [1.29, 1.82) is 0 Å². The van der Waals surface area contributed by atoms with E-state index < -0.39 is 11.9 Å². The first-order valence-electron chi connectivity index (χ1n) is 8.60. The fraction of sp³-hybridized carbons (Fsp3) is 0.647. The second kappa shape index (κ2) is 7.15. The van der Waals surface area contributed by atoms with E-state index in [2.05, 4.69) is 14.9 Å². The molecule has 2 aliphatic rings. The third kappa shape index (κ3) is 3.83. The molecule has 1 saturated heterocycles. The number of aromatic nitrogens is 2. The molecule has 1 saturated carbocycles. The fourth-order valence-corrected chi connectivity index (χ4v) is 3.22. The summed E-state index contributed by atoms with van der Waals surface area (Å²) in [4.78, 5) is 36.4. The van der Waals surface area contributed by atoms with Crippen LogP contribution in [0.1, 0.15) is 32.6 Å². The average molecular weight is 332 g/mol. The van der Waals surface area contributed by atoms with E-state index in [9.17, 15) is 9.59 Å². The number of aliphatic carboxylic acids is 1. The van der Waals surface area contributed by atoms with Crippen molar-refractivity contribution >= 4 is 17.7 Å². The number of carboxylic acid groups (broad SMARTS) is 1. The molecule has 24 heavy (non-hydrogen) atoms. The summed E-state index contributed by atoms with van der Waals surface area (Å²) in [6, 6.07) is 0.248. The van der Waals surface area contributed by atoms with Gasteiger partial charge in [0.15, 0.2) is 0 Å². The van der Waals surface area contributed by atoms with Crippen LogP contribution in [0.2, 0.25) is 0 Å². The van der Waals surface area contributed by atoms with Crippen LogP contribution in [0.15, 0.2) is 18.6 Å². The molecule has 0 aromatic carbocycles. The molecule has 0 bridgehead atoms. The maximum atomic E-state index is 12.9. The van der Waals surface area contributed by atoms with E-state index in [0.29, 0.717) is 6.54 Å². The highest BCUT2D eigenvalue weighted by Gasteiger charge is 2.38. The van der Waals surface area contributed by atoms with Crippen LogP contribution in [-0.2, 0) is 9.59 Å². The Morgan fingerprint density at radius 3 is 2.54 bits per heavy atom. The Bertz CT molecular complexity index is 583. The Morgan fingerprint density at radius 2 is 2.00 bits per heavy atom. The summed E-state index contributed by atoms with van der Waals surface area (Å²) < 4.78 is 0. The summed E-state index contributed by atoms with van der Waals surface area (Å²) in [5.74, 6) is -0.397. The maximum absolute atomic E-state index is 12.9. The second-order valence-corrected chi connectivity index (χ2v) is 6.79. The quantitative estimate of drug-likeness (QED) is 0.847. The van der Waals surface area contributed by atoms with Crippen molar-refractivity contribution in [3.8, 4) is 0 Å². The Hall–Kier alpha value is -2.18. The Kier molecular flexibility index (Phi) is 4.97. The molecule has 1 aromatic rings. The van der Waals surface area contributed by atoms with Crippen LogP contribution < -0.4 is 4.90 Å². The number of carboxylic acids is 1. The molecule has 3 rings (SSSR count). The number of carbonyl (C=O) groups is 2. The van der Waals surface area contributed by atoms with Crippen LogP contribution in [0.25, 0.3) is 0 Å². The molecule has 1 atom stereocenters. The van der Waals surface area contributed by atoms with E-state index >= 15 is 0 Å². The summed E-state index contributed by atoms with van der Waals surface area (Å²) >= 11 is 0. The van der Waals surface area contributed by atoms with Crippen LogP contribution in [-0.4, -0.2) is 57.5 Å². The Morgan fingerprint density at radius 1 is 1.29 bits per heavy atom. The number of hydrogen-bond acceptors (Lipinski definition) is 5. The van der Waals surface area contributed by atoms with Gasteiger partial charge in [-0.05, 0) is 25.7 Å². The Balaban J connectivity index is 1.58. The third-order valence-electron chi connectivity index (χ3n) is 4.88. The highest BCUT2D eigenvalue weighted by Crippen LogP contribution is 2.31.